The number of benzene rings is 4. The Morgan fingerprint density at radius 2 is 1.36 bits per heavy atom. The van der Waals surface area contributed by atoms with E-state index in [9.17, 15) is 18.0 Å². The molecule has 0 fully saturated rings. The Balaban J connectivity index is 1.83. The van der Waals surface area contributed by atoms with Crippen LogP contribution in [-0.4, -0.2) is 43.8 Å². The number of carbonyl (C=O) groups is 2. The first-order valence-corrected chi connectivity index (χ1v) is 16.8. The monoisotopic (exact) mass is 625 g/mol. The van der Waals surface area contributed by atoms with Gasteiger partial charge in [-0.1, -0.05) is 91.3 Å². The van der Waals surface area contributed by atoms with Crippen molar-refractivity contribution < 1.29 is 18.0 Å². The summed E-state index contributed by atoms with van der Waals surface area (Å²) in [5.41, 5.74) is 4.90. The number of sulfonamides is 1. The number of nitrogens with zero attached hydrogens (tertiary/aromatic N) is 2. The van der Waals surface area contributed by atoms with Gasteiger partial charge in [-0.05, 0) is 80.6 Å². The molecule has 236 valence electrons. The van der Waals surface area contributed by atoms with Gasteiger partial charge in [-0.25, -0.2) is 8.42 Å². The van der Waals surface area contributed by atoms with Crippen LogP contribution in [0.15, 0.2) is 108 Å². The Kier molecular flexibility index (Phi) is 11.2. The predicted octanol–water partition coefficient (Wildman–Crippen LogP) is 6.36. The summed E-state index contributed by atoms with van der Waals surface area (Å²) >= 11 is 0. The zero-order valence-electron chi connectivity index (χ0n) is 26.7. The van der Waals surface area contributed by atoms with Crippen molar-refractivity contribution in [3.05, 3.63) is 131 Å². The van der Waals surface area contributed by atoms with E-state index in [2.05, 4.69) is 5.32 Å². The molecule has 8 heteroatoms. The molecule has 2 atom stereocenters. The minimum Gasteiger partial charge on any atom is -0.352 e. The fourth-order valence-corrected chi connectivity index (χ4v) is 6.76. The molecule has 1 N–H and O–H groups in total. The average molecular weight is 626 g/mol. The molecule has 0 saturated heterocycles. The van der Waals surface area contributed by atoms with Crippen molar-refractivity contribution in [1.29, 1.82) is 0 Å². The molecule has 0 aliphatic rings. The third kappa shape index (κ3) is 8.82. The number of amides is 2. The van der Waals surface area contributed by atoms with Crippen LogP contribution < -0.4 is 9.62 Å². The van der Waals surface area contributed by atoms with Gasteiger partial charge in [0.05, 0.1) is 10.6 Å². The molecule has 0 bridgehead atoms. The van der Waals surface area contributed by atoms with Crippen LogP contribution in [0, 0.1) is 20.8 Å². The molecule has 4 aromatic rings. The molecule has 0 heterocycles. The van der Waals surface area contributed by atoms with E-state index < -0.39 is 28.5 Å². The number of hydrogen-bond donors (Lipinski definition) is 1. The first kappa shape index (κ1) is 33.5. The Hall–Kier alpha value is -4.43. The van der Waals surface area contributed by atoms with E-state index in [4.69, 9.17) is 0 Å². The maximum Gasteiger partial charge on any atom is 0.264 e. The summed E-state index contributed by atoms with van der Waals surface area (Å²) in [7, 11) is -4.14. The summed E-state index contributed by atoms with van der Waals surface area (Å²) in [6.45, 7) is 9.34. The number of anilines is 1. The van der Waals surface area contributed by atoms with Gasteiger partial charge in [0.25, 0.3) is 10.0 Å². The van der Waals surface area contributed by atoms with Crippen molar-refractivity contribution in [3.63, 3.8) is 0 Å². The van der Waals surface area contributed by atoms with Crippen molar-refractivity contribution in [3.8, 4) is 0 Å². The fourth-order valence-electron chi connectivity index (χ4n) is 5.35. The summed E-state index contributed by atoms with van der Waals surface area (Å²) in [6, 6.07) is 30.0. The Labute approximate surface area is 268 Å². The van der Waals surface area contributed by atoms with Crippen LogP contribution in [0.25, 0.3) is 0 Å². The number of carbonyl (C=O) groups excluding carboxylic acids is 2. The number of hydrogen-bond acceptors (Lipinski definition) is 4. The summed E-state index contributed by atoms with van der Waals surface area (Å²) in [5, 5.41) is 3.07. The van der Waals surface area contributed by atoms with Crippen LogP contribution in [-0.2, 0) is 32.6 Å². The molecule has 45 heavy (non-hydrogen) atoms. The summed E-state index contributed by atoms with van der Waals surface area (Å²) in [6.07, 6.45) is 1.00. The van der Waals surface area contributed by atoms with Crippen molar-refractivity contribution in [2.75, 3.05) is 10.8 Å². The highest BCUT2D eigenvalue weighted by molar-refractivity contribution is 7.92. The maximum absolute atomic E-state index is 14.6. The summed E-state index contributed by atoms with van der Waals surface area (Å²) in [4.78, 5) is 30.2. The second-order valence-corrected chi connectivity index (χ2v) is 13.6. The lowest BCUT2D eigenvalue weighted by Crippen LogP contribution is -2.54. The fraction of sp³-hybridized carbons (Fsp3) is 0.297. The summed E-state index contributed by atoms with van der Waals surface area (Å²) in [5.74, 6) is -0.756. The maximum atomic E-state index is 14.6. The first-order valence-electron chi connectivity index (χ1n) is 15.3. The zero-order chi connectivity index (χ0) is 32.6. The minimum atomic E-state index is -4.14. The predicted molar refractivity (Wildman–Crippen MR) is 180 cm³/mol. The average Bonchev–Trinajstić information content (AvgIpc) is 3.01. The molecule has 0 radical (unpaired) electrons. The lowest BCUT2D eigenvalue weighted by molar-refractivity contribution is -0.140. The number of aryl methyl sites for hydroxylation is 3. The zero-order valence-corrected chi connectivity index (χ0v) is 27.6. The SMILES string of the molecule is CCC(C)NC(=O)C(Cc1ccccc1)N(Cc1cccc(C)c1)C(=O)CN(c1cc(C)cc(C)c1)S(=O)(=O)c1ccccc1. The van der Waals surface area contributed by atoms with Crippen molar-refractivity contribution >= 4 is 27.5 Å². The van der Waals surface area contributed by atoms with Crippen molar-refractivity contribution in [1.82, 2.24) is 10.2 Å². The van der Waals surface area contributed by atoms with Gasteiger partial charge in [-0.3, -0.25) is 13.9 Å². The quantitative estimate of drug-likeness (QED) is 0.187. The number of rotatable bonds is 13. The molecule has 0 aromatic heterocycles. The largest absolute Gasteiger partial charge is 0.352 e. The highest BCUT2D eigenvalue weighted by Crippen LogP contribution is 2.27. The van der Waals surface area contributed by atoms with Crippen LogP contribution in [0.2, 0.25) is 0 Å². The van der Waals surface area contributed by atoms with E-state index in [1.54, 1.807) is 30.3 Å². The van der Waals surface area contributed by atoms with E-state index in [0.29, 0.717) is 5.69 Å². The lowest BCUT2D eigenvalue weighted by atomic mass is 10.0. The second kappa shape index (κ2) is 15.0. The van der Waals surface area contributed by atoms with Gasteiger partial charge in [-0.2, -0.15) is 0 Å². The van der Waals surface area contributed by atoms with E-state index in [0.717, 1.165) is 34.2 Å². The van der Waals surface area contributed by atoms with E-state index >= 15 is 0 Å². The Morgan fingerprint density at radius 3 is 1.96 bits per heavy atom. The van der Waals surface area contributed by atoms with E-state index in [1.165, 1.54) is 21.3 Å². The minimum absolute atomic E-state index is 0.0811. The second-order valence-electron chi connectivity index (χ2n) is 11.7. The van der Waals surface area contributed by atoms with Crippen molar-refractivity contribution in [2.24, 2.45) is 0 Å². The highest BCUT2D eigenvalue weighted by Gasteiger charge is 2.35. The van der Waals surface area contributed by atoms with Gasteiger partial charge in [0, 0.05) is 19.0 Å². The Bertz CT molecular complexity index is 1690. The molecule has 4 rings (SSSR count). The van der Waals surface area contributed by atoms with E-state index in [-0.39, 0.29) is 29.8 Å². The molecule has 0 aliphatic heterocycles. The van der Waals surface area contributed by atoms with Gasteiger partial charge in [0.15, 0.2) is 0 Å². The lowest BCUT2D eigenvalue weighted by Gasteiger charge is -2.34. The molecule has 0 aliphatic carbocycles. The highest BCUT2D eigenvalue weighted by atomic mass is 32.2. The Morgan fingerprint density at radius 1 is 0.756 bits per heavy atom. The smallest absolute Gasteiger partial charge is 0.264 e. The standard InChI is InChI=1S/C37H43N3O4S/c1-6-30(5)38-37(42)35(24-31-15-9-7-10-16-31)39(25-32-17-13-14-27(2)21-32)36(41)26-40(33-22-28(3)20-29(4)23-33)45(43,44)34-18-11-8-12-19-34/h7-23,30,35H,6,24-26H2,1-5H3,(H,38,42). The van der Waals surface area contributed by atoms with Crippen LogP contribution in [0.3, 0.4) is 0 Å². The van der Waals surface area contributed by atoms with Crippen LogP contribution in [0.4, 0.5) is 5.69 Å². The first-order chi connectivity index (χ1) is 21.5. The molecular weight excluding hydrogens is 582 g/mol. The van der Waals surface area contributed by atoms with Crippen LogP contribution in [0.1, 0.15) is 48.1 Å². The van der Waals surface area contributed by atoms with Gasteiger partial charge < -0.3 is 10.2 Å². The van der Waals surface area contributed by atoms with E-state index in [1.807, 2.05) is 95.3 Å². The molecule has 0 saturated carbocycles. The third-order valence-electron chi connectivity index (χ3n) is 7.81. The topological polar surface area (TPSA) is 86.8 Å². The van der Waals surface area contributed by atoms with Crippen molar-refractivity contribution in [2.45, 2.75) is 71.0 Å². The van der Waals surface area contributed by atoms with Gasteiger partial charge in [-0.15, -0.1) is 0 Å². The van der Waals surface area contributed by atoms with Crippen LogP contribution >= 0.6 is 0 Å². The number of nitrogens with one attached hydrogen (secondary N) is 1. The molecule has 0 spiro atoms. The third-order valence-corrected chi connectivity index (χ3v) is 9.60. The van der Waals surface area contributed by atoms with Gasteiger partial charge in [0.2, 0.25) is 11.8 Å². The van der Waals surface area contributed by atoms with Crippen LogP contribution in [0.5, 0.6) is 0 Å². The summed E-state index contributed by atoms with van der Waals surface area (Å²) < 4.78 is 29.5. The molecule has 4 aromatic carbocycles. The normalized spacial score (nSPS) is 12.6. The van der Waals surface area contributed by atoms with Gasteiger partial charge in [0.1, 0.15) is 12.6 Å². The molecule has 2 unspecified atom stereocenters. The molecule has 2 amide bonds. The molecule has 7 nitrogen and oxygen atoms in total. The van der Waals surface area contributed by atoms with Gasteiger partial charge >= 0.3 is 0 Å². The molecular formula is C37H43N3O4S.